The van der Waals surface area contributed by atoms with E-state index in [0.29, 0.717) is 39.2 Å². The van der Waals surface area contributed by atoms with E-state index in [1.54, 1.807) is 37.4 Å². The van der Waals surface area contributed by atoms with Crippen molar-refractivity contribution in [1.29, 1.82) is 0 Å². The van der Waals surface area contributed by atoms with Crippen molar-refractivity contribution >= 4 is 22.8 Å². The minimum atomic E-state index is -0.964. The van der Waals surface area contributed by atoms with Crippen LogP contribution in [0.15, 0.2) is 36.7 Å². The number of hydrogen-bond donors (Lipinski definition) is 1. The van der Waals surface area contributed by atoms with Gasteiger partial charge in [0, 0.05) is 29.5 Å². The molecule has 4 rings (SSSR count). The normalized spacial score (nSPS) is 12.5. The minimum absolute atomic E-state index is 0.103. The molecule has 0 radical (unpaired) electrons. The zero-order chi connectivity index (χ0) is 17.6. The SMILES string of the molecule is Cc1c(CC(=O)O)c2cc3c(cc2n1C(=O)c1cccnc1)OCO3. The van der Waals surface area contributed by atoms with E-state index < -0.39 is 5.97 Å². The molecule has 25 heavy (non-hydrogen) atoms. The fraction of sp³-hybridized carbons (Fsp3) is 0.167. The Morgan fingerprint density at radius 3 is 2.72 bits per heavy atom. The molecule has 0 amide bonds. The maximum Gasteiger partial charge on any atom is 0.307 e. The first-order chi connectivity index (χ1) is 12.1. The fourth-order valence-corrected chi connectivity index (χ4v) is 3.12. The topological polar surface area (TPSA) is 90.7 Å². The molecule has 0 bridgehead atoms. The summed E-state index contributed by atoms with van der Waals surface area (Å²) in [7, 11) is 0. The van der Waals surface area contributed by atoms with Crippen molar-refractivity contribution in [3.05, 3.63) is 53.5 Å². The number of carboxylic acid groups (broad SMARTS) is 1. The van der Waals surface area contributed by atoms with Gasteiger partial charge < -0.3 is 14.6 Å². The standard InChI is InChI=1S/C18H14N2O5/c1-10-12(6-17(21)22)13-5-15-16(25-9-24-15)7-14(13)20(10)18(23)11-3-2-4-19-8-11/h2-5,7-8H,6,9H2,1H3,(H,21,22). The Bertz CT molecular complexity index is 1010. The highest BCUT2D eigenvalue weighted by atomic mass is 16.7. The van der Waals surface area contributed by atoms with Gasteiger partial charge in [-0.3, -0.25) is 19.1 Å². The quantitative estimate of drug-likeness (QED) is 0.788. The third kappa shape index (κ3) is 2.40. The number of fused-ring (bicyclic) bond motifs is 2. The van der Waals surface area contributed by atoms with Gasteiger partial charge in [0.1, 0.15) is 0 Å². The van der Waals surface area contributed by atoms with Gasteiger partial charge in [0.05, 0.1) is 17.5 Å². The van der Waals surface area contributed by atoms with Crippen molar-refractivity contribution in [1.82, 2.24) is 9.55 Å². The molecule has 0 saturated carbocycles. The number of rotatable bonds is 3. The summed E-state index contributed by atoms with van der Waals surface area (Å²) in [6, 6.07) is 6.80. The van der Waals surface area contributed by atoms with Gasteiger partial charge in [-0.15, -0.1) is 0 Å². The second-order valence-electron chi connectivity index (χ2n) is 5.74. The smallest absolute Gasteiger partial charge is 0.307 e. The highest BCUT2D eigenvalue weighted by molar-refractivity contribution is 6.05. The average Bonchev–Trinajstić information content (AvgIpc) is 3.16. The monoisotopic (exact) mass is 338 g/mol. The Balaban J connectivity index is 1.98. The molecule has 3 aromatic rings. The van der Waals surface area contributed by atoms with Gasteiger partial charge in [-0.2, -0.15) is 0 Å². The van der Waals surface area contributed by atoms with Gasteiger partial charge in [-0.1, -0.05) is 0 Å². The number of hydrogen-bond acceptors (Lipinski definition) is 5. The summed E-state index contributed by atoms with van der Waals surface area (Å²) in [5.74, 6) is -0.156. The molecule has 0 fully saturated rings. The number of carbonyl (C=O) groups excluding carboxylic acids is 1. The number of pyridine rings is 1. The van der Waals surface area contributed by atoms with E-state index in [0.717, 1.165) is 0 Å². The van der Waals surface area contributed by atoms with Crippen LogP contribution in [0.3, 0.4) is 0 Å². The predicted molar refractivity (Wildman–Crippen MR) is 88.1 cm³/mol. The second kappa shape index (κ2) is 5.62. The van der Waals surface area contributed by atoms with Crippen LogP contribution in [0.1, 0.15) is 21.6 Å². The Morgan fingerprint density at radius 2 is 2.04 bits per heavy atom. The van der Waals surface area contributed by atoms with Crippen LogP contribution in [0.5, 0.6) is 11.5 Å². The van der Waals surface area contributed by atoms with Crippen LogP contribution >= 0.6 is 0 Å². The molecule has 0 unspecified atom stereocenters. The highest BCUT2D eigenvalue weighted by Crippen LogP contribution is 2.39. The summed E-state index contributed by atoms with van der Waals surface area (Å²) < 4.78 is 12.3. The number of carboxylic acids is 1. The first-order valence-corrected chi connectivity index (χ1v) is 7.66. The lowest BCUT2D eigenvalue weighted by Gasteiger charge is -2.07. The summed E-state index contributed by atoms with van der Waals surface area (Å²) >= 11 is 0. The van der Waals surface area contributed by atoms with Gasteiger partial charge in [0.15, 0.2) is 11.5 Å². The van der Waals surface area contributed by atoms with Crippen LogP contribution in [-0.4, -0.2) is 33.3 Å². The number of nitrogens with zero attached hydrogens (tertiary/aromatic N) is 2. The molecule has 0 atom stereocenters. The van der Waals surface area contributed by atoms with Crippen molar-refractivity contribution in [2.45, 2.75) is 13.3 Å². The van der Waals surface area contributed by atoms with Gasteiger partial charge in [-0.25, -0.2) is 0 Å². The number of benzene rings is 1. The Morgan fingerprint density at radius 1 is 1.28 bits per heavy atom. The Hall–Kier alpha value is -3.35. The lowest BCUT2D eigenvalue weighted by atomic mass is 10.1. The van der Waals surface area contributed by atoms with Crippen LogP contribution < -0.4 is 9.47 Å². The van der Waals surface area contributed by atoms with Crippen LogP contribution in [0.4, 0.5) is 0 Å². The molecule has 3 heterocycles. The predicted octanol–water partition coefficient (Wildman–Crippen LogP) is 2.39. The minimum Gasteiger partial charge on any atom is -0.481 e. The molecule has 0 aliphatic carbocycles. The van der Waals surface area contributed by atoms with Gasteiger partial charge in [0.2, 0.25) is 6.79 Å². The van der Waals surface area contributed by atoms with Crippen LogP contribution in [0.25, 0.3) is 10.9 Å². The van der Waals surface area contributed by atoms with Crippen molar-refractivity contribution < 1.29 is 24.2 Å². The molecule has 0 saturated heterocycles. The maximum absolute atomic E-state index is 13.0. The van der Waals surface area contributed by atoms with E-state index in [1.807, 2.05) is 0 Å². The van der Waals surface area contributed by atoms with E-state index in [9.17, 15) is 14.7 Å². The molecular weight excluding hydrogens is 324 g/mol. The van der Waals surface area contributed by atoms with Crippen molar-refractivity contribution in [2.24, 2.45) is 0 Å². The molecule has 0 spiro atoms. The molecule has 7 nitrogen and oxygen atoms in total. The molecule has 126 valence electrons. The third-order valence-corrected chi connectivity index (χ3v) is 4.27. The summed E-state index contributed by atoms with van der Waals surface area (Å²) in [6.07, 6.45) is 2.89. The highest BCUT2D eigenvalue weighted by Gasteiger charge is 2.25. The van der Waals surface area contributed by atoms with Crippen molar-refractivity contribution in [3.8, 4) is 11.5 Å². The summed E-state index contributed by atoms with van der Waals surface area (Å²) in [4.78, 5) is 28.3. The van der Waals surface area contributed by atoms with E-state index in [4.69, 9.17) is 9.47 Å². The lowest BCUT2D eigenvalue weighted by molar-refractivity contribution is -0.136. The van der Waals surface area contributed by atoms with Gasteiger partial charge >= 0.3 is 5.97 Å². The van der Waals surface area contributed by atoms with E-state index in [1.165, 1.54) is 10.8 Å². The van der Waals surface area contributed by atoms with Crippen LogP contribution in [0, 0.1) is 6.92 Å². The molecule has 2 aromatic heterocycles. The summed E-state index contributed by atoms with van der Waals surface area (Å²) in [5, 5.41) is 9.92. The first kappa shape index (κ1) is 15.2. The average molecular weight is 338 g/mol. The maximum atomic E-state index is 13.0. The fourth-order valence-electron chi connectivity index (χ4n) is 3.12. The number of carbonyl (C=O) groups is 2. The lowest BCUT2D eigenvalue weighted by Crippen LogP contribution is -2.14. The van der Waals surface area contributed by atoms with Crippen LogP contribution in [0.2, 0.25) is 0 Å². The molecule has 1 aliphatic rings. The second-order valence-corrected chi connectivity index (χ2v) is 5.74. The number of ether oxygens (including phenoxy) is 2. The number of aromatic nitrogens is 2. The first-order valence-electron chi connectivity index (χ1n) is 7.66. The third-order valence-electron chi connectivity index (χ3n) is 4.27. The number of aliphatic carboxylic acids is 1. The molecular formula is C18H14N2O5. The van der Waals surface area contributed by atoms with E-state index >= 15 is 0 Å². The Kier molecular flexibility index (Phi) is 3.42. The van der Waals surface area contributed by atoms with E-state index in [-0.39, 0.29) is 19.1 Å². The largest absolute Gasteiger partial charge is 0.481 e. The van der Waals surface area contributed by atoms with E-state index in [2.05, 4.69) is 4.98 Å². The van der Waals surface area contributed by atoms with Crippen molar-refractivity contribution in [2.75, 3.05) is 6.79 Å². The molecule has 1 aromatic carbocycles. The van der Waals surface area contributed by atoms with Crippen LogP contribution in [-0.2, 0) is 11.2 Å². The van der Waals surface area contributed by atoms with Crippen molar-refractivity contribution in [3.63, 3.8) is 0 Å². The Labute approximate surface area is 142 Å². The molecule has 7 heteroatoms. The molecule has 1 aliphatic heterocycles. The van der Waals surface area contributed by atoms with Gasteiger partial charge in [0.25, 0.3) is 5.91 Å². The zero-order valence-corrected chi connectivity index (χ0v) is 13.4. The summed E-state index contributed by atoms with van der Waals surface area (Å²) in [6.45, 7) is 1.84. The van der Waals surface area contributed by atoms with Gasteiger partial charge in [-0.05, 0) is 30.7 Å². The summed E-state index contributed by atoms with van der Waals surface area (Å²) in [5.41, 5.74) is 2.17. The zero-order valence-electron chi connectivity index (χ0n) is 13.4. The molecule has 1 N–H and O–H groups in total.